The second-order valence-corrected chi connectivity index (χ2v) is 4.00. The maximum absolute atomic E-state index is 5.12. The van der Waals surface area contributed by atoms with Gasteiger partial charge in [0.25, 0.3) is 0 Å². The molecule has 2 heterocycles. The van der Waals surface area contributed by atoms with E-state index in [2.05, 4.69) is 34.1 Å². The van der Waals surface area contributed by atoms with Crippen LogP contribution in [0.4, 0.5) is 0 Å². The maximum atomic E-state index is 5.12. The average molecular weight is 233 g/mol. The molecule has 2 rings (SSSR count). The number of aromatic nitrogens is 2. The van der Waals surface area contributed by atoms with E-state index in [0.717, 1.165) is 25.3 Å². The molecule has 0 aliphatic heterocycles. The minimum atomic E-state index is 0.709. The van der Waals surface area contributed by atoms with E-state index in [0.29, 0.717) is 6.61 Å². The Bertz CT molecular complexity index is 436. The lowest BCUT2D eigenvalue weighted by molar-refractivity contribution is 0.188. The molecule has 0 saturated carbocycles. The van der Waals surface area contributed by atoms with Crippen molar-refractivity contribution < 1.29 is 4.74 Å². The van der Waals surface area contributed by atoms with Crippen molar-refractivity contribution in [1.82, 2.24) is 14.9 Å². The summed E-state index contributed by atoms with van der Waals surface area (Å²) < 4.78 is 7.28. The van der Waals surface area contributed by atoms with Gasteiger partial charge in [0.1, 0.15) is 5.65 Å². The maximum Gasteiger partial charge on any atom is 0.140 e. The number of ether oxygens (including phenoxy) is 1. The molecule has 0 aromatic carbocycles. The Morgan fingerprint density at radius 2 is 2.35 bits per heavy atom. The van der Waals surface area contributed by atoms with Crippen LogP contribution in [-0.4, -0.2) is 29.8 Å². The molecule has 2 aromatic rings. The van der Waals surface area contributed by atoms with Crippen LogP contribution < -0.4 is 5.32 Å². The summed E-state index contributed by atoms with van der Waals surface area (Å²) in [5, 5.41) is 4.58. The molecule has 1 N–H and O–H groups in total. The van der Waals surface area contributed by atoms with Gasteiger partial charge in [0.15, 0.2) is 0 Å². The fourth-order valence-electron chi connectivity index (χ4n) is 1.96. The summed E-state index contributed by atoms with van der Waals surface area (Å²) in [5.41, 5.74) is 2.34. The van der Waals surface area contributed by atoms with E-state index in [1.54, 1.807) is 7.11 Å². The fraction of sp³-hybridized carbons (Fsp3) is 0.462. The molecule has 92 valence electrons. The van der Waals surface area contributed by atoms with Gasteiger partial charge in [-0.3, -0.25) is 0 Å². The third kappa shape index (κ3) is 2.65. The second kappa shape index (κ2) is 5.80. The molecular formula is C13H19N3O. The van der Waals surface area contributed by atoms with Crippen molar-refractivity contribution in [3.8, 4) is 0 Å². The highest BCUT2D eigenvalue weighted by Gasteiger charge is 2.08. The molecule has 4 heteroatoms. The van der Waals surface area contributed by atoms with Crippen molar-refractivity contribution in [1.29, 1.82) is 0 Å². The topological polar surface area (TPSA) is 39.1 Å². The van der Waals surface area contributed by atoms with Crippen LogP contribution in [-0.2, 0) is 17.8 Å². The van der Waals surface area contributed by atoms with E-state index < -0.39 is 0 Å². The van der Waals surface area contributed by atoms with Gasteiger partial charge >= 0.3 is 0 Å². The van der Waals surface area contributed by atoms with Crippen LogP contribution in [0.5, 0.6) is 0 Å². The number of nitrogens with zero attached hydrogens (tertiary/aromatic N) is 2. The van der Waals surface area contributed by atoms with E-state index in [1.165, 1.54) is 10.9 Å². The van der Waals surface area contributed by atoms with E-state index in [4.69, 9.17) is 4.74 Å². The van der Waals surface area contributed by atoms with Crippen molar-refractivity contribution in [2.45, 2.75) is 20.0 Å². The standard InChI is InChI=1S/C13H19N3O/c1-3-14-9-11-10-16(7-8-17-2)13-12(11)5-4-6-15-13/h4-6,10,14H,3,7-9H2,1-2H3. The molecule has 0 saturated heterocycles. The molecule has 2 aromatic heterocycles. The first-order valence-electron chi connectivity index (χ1n) is 5.99. The Balaban J connectivity index is 2.32. The highest BCUT2D eigenvalue weighted by Crippen LogP contribution is 2.19. The van der Waals surface area contributed by atoms with Crippen molar-refractivity contribution in [2.75, 3.05) is 20.3 Å². The third-order valence-electron chi connectivity index (χ3n) is 2.82. The van der Waals surface area contributed by atoms with Gasteiger partial charge in [-0.15, -0.1) is 0 Å². The van der Waals surface area contributed by atoms with Crippen molar-refractivity contribution in [3.63, 3.8) is 0 Å². The van der Waals surface area contributed by atoms with Gasteiger partial charge in [-0.25, -0.2) is 4.98 Å². The lowest BCUT2D eigenvalue weighted by Crippen LogP contribution is -2.11. The minimum Gasteiger partial charge on any atom is -0.383 e. The largest absolute Gasteiger partial charge is 0.383 e. The molecule has 0 fully saturated rings. The van der Waals surface area contributed by atoms with Crippen LogP contribution in [0.3, 0.4) is 0 Å². The van der Waals surface area contributed by atoms with Crippen LogP contribution in [0.25, 0.3) is 11.0 Å². The molecule has 0 bridgehead atoms. The quantitative estimate of drug-likeness (QED) is 0.826. The summed E-state index contributed by atoms with van der Waals surface area (Å²) in [4.78, 5) is 4.44. The lowest BCUT2D eigenvalue weighted by atomic mass is 10.2. The van der Waals surface area contributed by atoms with Crippen molar-refractivity contribution >= 4 is 11.0 Å². The normalized spacial score (nSPS) is 11.2. The number of methoxy groups -OCH3 is 1. The van der Waals surface area contributed by atoms with Crippen LogP contribution in [0.15, 0.2) is 24.5 Å². The number of fused-ring (bicyclic) bond motifs is 1. The molecule has 0 unspecified atom stereocenters. The lowest BCUT2D eigenvalue weighted by Gasteiger charge is -2.02. The average Bonchev–Trinajstić information content (AvgIpc) is 2.72. The molecular weight excluding hydrogens is 214 g/mol. The summed E-state index contributed by atoms with van der Waals surface area (Å²) in [6.07, 6.45) is 4.00. The minimum absolute atomic E-state index is 0.709. The highest BCUT2D eigenvalue weighted by molar-refractivity contribution is 5.80. The third-order valence-corrected chi connectivity index (χ3v) is 2.82. The highest BCUT2D eigenvalue weighted by atomic mass is 16.5. The number of hydrogen-bond acceptors (Lipinski definition) is 3. The van der Waals surface area contributed by atoms with Gasteiger partial charge in [-0.1, -0.05) is 6.92 Å². The summed E-state index contributed by atoms with van der Waals surface area (Å²) in [6.45, 7) is 5.53. The number of nitrogens with one attached hydrogen (secondary N) is 1. The van der Waals surface area contributed by atoms with Crippen LogP contribution in [0.1, 0.15) is 12.5 Å². The SMILES string of the molecule is CCNCc1cn(CCOC)c2ncccc12. The molecule has 4 nitrogen and oxygen atoms in total. The van der Waals surface area contributed by atoms with Crippen LogP contribution >= 0.6 is 0 Å². The van der Waals surface area contributed by atoms with Crippen molar-refractivity contribution in [2.24, 2.45) is 0 Å². The summed E-state index contributed by atoms with van der Waals surface area (Å²) >= 11 is 0. The Hall–Kier alpha value is -1.39. The van der Waals surface area contributed by atoms with Gasteiger partial charge in [0.2, 0.25) is 0 Å². The number of hydrogen-bond donors (Lipinski definition) is 1. The van der Waals surface area contributed by atoms with Crippen molar-refractivity contribution in [3.05, 3.63) is 30.1 Å². The Morgan fingerprint density at radius 3 is 3.12 bits per heavy atom. The smallest absolute Gasteiger partial charge is 0.140 e. The predicted octanol–water partition coefficient (Wildman–Crippen LogP) is 1.79. The Morgan fingerprint density at radius 1 is 1.47 bits per heavy atom. The zero-order chi connectivity index (χ0) is 12.1. The summed E-state index contributed by atoms with van der Waals surface area (Å²) in [6, 6.07) is 4.11. The first-order valence-corrected chi connectivity index (χ1v) is 5.99. The summed E-state index contributed by atoms with van der Waals surface area (Å²) in [5.74, 6) is 0. The molecule has 0 atom stereocenters. The second-order valence-electron chi connectivity index (χ2n) is 4.00. The first-order chi connectivity index (χ1) is 8.36. The van der Waals surface area contributed by atoms with E-state index in [-0.39, 0.29) is 0 Å². The Kier molecular flexibility index (Phi) is 4.12. The molecule has 17 heavy (non-hydrogen) atoms. The zero-order valence-electron chi connectivity index (χ0n) is 10.4. The van der Waals surface area contributed by atoms with Crippen LogP contribution in [0, 0.1) is 0 Å². The summed E-state index contributed by atoms with van der Waals surface area (Å²) in [7, 11) is 1.72. The van der Waals surface area contributed by atoms with Gasteiger partial charge in [-0.2, -0.15) is 0 Å². The van der Waals surface area contributed by atoms with E-state index >= 15 is 0 Å². The molecule has 0 radical (unpaired) electrons. The number of pyridine rings is 1. The van der Waals surface area contributed by atoms with E-state index in [9.17, 15) is 0 Å². The molecule has 0 amide bonds. The van der Waals surface area contributed by atoms with Gasteiger partial charge < -0.3 is 14.6 Å². The molecule has 0 spiro atoms. The monoisotopic (exact) mass is 233 g/mol. The first kappa shape index (κ1) is 12.1. The van der Waals surface area contributed by atoms with Gasteiger partial charge in [0.05, 0.1) is 6.61 Å². The number of rotatable bonds is 6. The predicted molar refractivity (Wildman–Crippen MR) is 69.0 cm³/mol. The molecule has 0 aliphatic carbocycles. The fourth-order valence-corrected chi connectivity index (χ4v) is 1.96. The Labute approximate surface area is 102 Å². The molecule has 0 aliphatic rings. The van der Waals surface area contributed by atoms with Gasteiger partial charge in [-0.05, 0) is 24.2 Å². The van der Waals surface area contributed by atoms with E-state index in [1.807, 2.05) is 12.3 Å². The van der Waals surface area contributed by atoms with Crippen LogP contribution in [0.2, 0.25) is 0 Å². The zero-order valence-corrected chi connectivity index (χ0v) is 10.4. The van der Waals surface area contributed by atoms with Gasteiger partial charge in [0, 0.05) is 38.0 Å².